The minimum absolute atomic E-state index is 0.0130. The molecule has 0 aliphatic heterocycles. The smallest absolute Gasteiger partial charge is 0.407 e. The van der Waals surface area contributed by atoms with Crippen LogP contribution in [-0.2, 0) is 11.2 Å². The number of nitrogens with one attached hydrogen (secondary N) is 1. The molecule has 90 valence electrons. The maximum Gasteiger partial charge on any atom is 0.407 e. The SMILES string of the molecule is CC(Cc1ccco1)NC(=O)OC(C)(C)C. The molecule has 0 saturated heterocycles. The van der Waals surface area contributed by atoms with E-state index in [1.165, 1.54) is 0 Å². The van der Waals surface area contributed by atoms with Gasteiger partial charge in [0.15, 0.2) is 0 Å². The van der Waals surface area contributed by atoms with Crippen LogP contribution in [0.3, 0.4) is 0 Å². The minimum atomic E-state index is -0.464. The molecule has 0 saturated carbocycles. The first-order valence-corrected chi connectivity index (χ1v) is 5.39. The molecule has 1 N–H and O–H groups in total. The van der Waals surface area contributed by atoms with Gasteiger partial charge in [-0.2, -0.15) is 0 Å². The predicted molar refractivity (Wildman–Crippen MR) is 61.2 cm³/mol. The van der Waals surface area contributed by atoms with Gasteiger partial charge in [0.1, 0.15) is 11.4 Å². The van der Waals surface area contributed by atoms with Crippen molar-refractivity contribution in [2.24, 2.45) is 0 Å². The van der Waals surface area contributed by atoms with E-state index in [9.17, 15) is 4.79 Å². The van der Waals surface area contributed by atoms with Crippen molar-refractivity contribution < 1.29 is 13.9 Å². The van der Waals surface area contributed by atoms with Crippen molar-refractivity contribution in [2.45, 2.75) is 45.8 Å². The fourth-order valence-corrected chi connectivity index (χ4v) is 1.29. The zero-order valence-corrected chi connectivity index (χ0v) is 10.2. The third-order valence-electron chi connectivity index (χ3n) is 1.85. The molecule has 0 aliphatic rings. The summed E-state index contributed by atoms with van der Waals surface area (Å²) in [5.41, 5.74) is -0.464. The quantitative estimate of drug-likeness (QED) is 0.860. The van der Waals surface area contributed by atoms with Gasteiger partial charge in [-0.05, 0) is 39.8 Å². The van der Waals surface area contributed by atoms with Gasteiger partial charge in [0.2, 0.25) is 0 Å². The van der Waals surface area contributed by atoms with Gasteiger partial charge in [0.05, 0.1) is 6.26 Å². The second kappa shape index (κ2) is 5.05. The van der Waals surface area contributed by atoms with Crippen molar-refractivity contribution in [3.05, 3.63) is 24.2 Å². The molecular formula is C12H19NO3. The van der Waals surface area contributed by atoms with Gasteiger partial charge < -0.3 is 14.5 Å². The van der Waals surface area contributed by atoms with Crippen LogP contribution in [0.5, 0.6) is 0 Å². The van der Waals surface area contributed by atoms with Gasteiger partial charge in [-0.25, -0.2) is 4.79 Å². The van der Waals surface area contributed by atoms with Crippen LogP contribution >= 0.6 is 0 Å². The van der Waals surface area contributed by atoms with Gasteiger partial charge in [-0.15, -0.1) is 0 Å². The lowest BCUT2D eigenvalue weighted by atomic mass is 10.2. The Hall–Kier alpha value is -1.45. The molecule has 1 rings (SSSR count). The molecule has 0 radical (unpaired) electrons. The van der Waals surface area contributed by atoms with E-state index in [0.717, 1.165) is 5.76 Å². The van der Waals surface area contributed by atoms with Gasteiger partial charge in [-0.3, -0.25) is 0 Å². The molecule has 1 heterocycles. The highest BCUT2D eigenvalue weighted by Gasteiger charge is 2.17. The Bertz CT molecular complexity index is 325. The van der Waals surface area contributed by atoms with E-state index in [2.05, 4.69) is 5.32 Å². The highest BCUT2D eigenvalue weighted by Crippen LogP contribution is 2.08. The average Bonchev–Trinajstić information content (AvgIpc) is 2.51. The monoisotopic (exact) mass is 225 g/mol. The minimum Gasteiger partial charge on any atom is -0.469 e. The maximum atomic E-state index is 11.4. The lowest BCUT2D eigenvalue weighted by molar-refractivity contribution is 0.0507. The number of hydrogen-bond donors (Lipinski definition) is 1. The first-order chi connectivity index (χ1) is 7.37. The molecule has 4 heteroatoms. The van der Waals surface area contributed by atoms with Crippen LogP contribution in [0.25, 0.3) is 0 Å². The highest BCUT2D eigenvalue weighted by molar-refractivity contribution is 5.68. The second-order valence-corrected chi connectivity index (χ2v) is 4.83. The van der Waals surface area contributed by atoms with Crippen molar-refractivity contribution in [2.75, 3.05) is 0 Å². The highest BCUT2D eigenvalue weighted by atomic mass is 16.6. The molecule has 0 aliphatic carbocycles. The Morgan fingerprint density at radius 3 is 2.75 bits per heavy atom. The molecule has 1 unspecified atom stereocenters. The zero-order valence-electron chi connectivity index (χ0n) is 10.2. The first-order valence-electron chi connectivity index (χ1n) is 5.39. The lowest BCUT2D eigenvalue weighted by Gasteiger charge is -2.21. The maximum absolute atomic E-state index is 11.4. The van der Waals surface area contributed by atoms with E-state index in [1.54, 1.807) is 6.26 Å². The molecule has 4 nitrogen and oxygen atoms in total. The number of carbonyl (C=O) groups excluding carboxylic acids is 1. The molecule has 1 amide bonds. The Labute approximate surface area is 96.0 Å². The second-order valence-electron chi connectivity index (χ2n) is 4.83. The van der Waals surface area contributed by atoms with Gasteiger partial charge >= 0.3 is 6.09 Å². The topological polar surface area (TPSA) is 51.5 Å². The molecule has 0 bridgehead atoms. The third kappa shape index (κ3) is 4.87. The summed E-state index contributed by atoms with van der Waals surface area (Å²) in [6.45, 7) is 7.42. The Kier molecular flexibility index (Phi) is 3.99. The number of hydrogen-bond acceptors (Lipinski definition) is 3. The van der Waals surface area contributed by atoms with Crippen LogP contribution in [0.2, 0.25) is 0 Å². The molecular weight excluding hydrogens is 206 g/mol. The molecule has 0 aromatic carbocycles. The summed E-state index contributed by atoms with van der Waals surface area (Å²) in [5.74, 6) is 0.851. The number of furan rings is 1. The van der Waals surface area contributed by atoms with Gasteiger partial charge in [0, 0.05) is 12.5 Å². The van der Waals surface area contributed by atoms with Gasteiger partial charge in [-0.1, -0.05) is 0 Å². The number of ether oxygens (including phenoxy) is 1. The molecule has 1 aromatic rings. The zero-order chi connectivity index (χ0) is 12.2. The van der Waals surface area contributed by atoms with Crippen LogP contribution in [0.15, 0.2) is 22.8 Å². The standard InChI is InChI=1S/C12H19NO3/c1-9(8-10-6-5-7-15-10)13-11(14)16-12(2,3)4/h5-7,9H,8H2,1-4H3,(H,13,14). The van der Waals surface area contributed by atoms with Crippen LogP contribution in [0.1, 0.15) is 33.5 Å². The van der Waals surface area contributed by atoms with Crippen molar-refractivity contribution in [1.82, 2.24) is 5.32 Å². The summed E-state index contributed by atoms with van der Waals surface area (Å²) in [6, 6.07) is 3.70. The summed E-state index contributed by atoms with van der Waals surface area (Å²) in [5, 5.41) is 2.75. The number of carbonyl (C=O) groups is 1. The Morgan fingerprint density at radius 2 is 2.25 bits per heavy atom. The lowest BCUT2D eigenvalue weighted by Crippen LogP contribution is -2.38. The van der Waals surface area contributed by atoms with Crippen molar-refractivity contribution >= 4 is 6.09 Å². The van der Waals surface area contributed by atoms with Crippen LogP contribution < -0.4 is 5.32 Å². The number of amides is 1. The number of rotatable bonds is 3. The summed E-state index contributed by atoms with van der Waals surface area (Å²) in [7, 11) is 0. The molecule has 1 atom stereocenters. The first kappa shape index (κ1) is 12.6. The average molecular weight is 225 g/mol. The molecule has 1 aromatic heterocycles. The third-order valence-corrected chi connectivity index (χ3v) is 1.85. The van der Waals surface area contributed by atoms with E-state index in [4.69, 9.17) is 9.15 Å². The molecule has 16 heavy (non-hydrogen) atoms. The Balaban J connectivity index is 2.34. The summed E-state index contributed by atoms with van der Waals surface area (Å²) in [4.78, 5) is 11.4. The molecule has 0 fully saturated rings. The Morgan fingerprint density at radius 1 is 1.56 bits per heavy atom. The van der Waals surface area contributed by atoms with Crippen molar-refractivity contribution in [3.8, 4) is 0 Å². The fourth-order valence-electron chi connectivity index (χ4n) is 1.29. The van der Waals surface area contributed by atoms with E-state index in [-0.39, 0.29) is 6.04 Å². The normalized spacial score (nSPS) is 13.2. The van der Waals surface area contributed by atoms with E-state index < -0.39 is 11.7 Å². The largest absolute Gasteiger partial charge is 0.469 e. The summed E-state index contributed by atoms with van der Waals surface area (Å²) in [6.07, 6.45) is 1.88. The van der Waals surface area contributed by atoms with Crippen molar-refractivity contribution in [1.29, 1.82) is 0 Å². The van der Waals surface area contributed by atoms with Crippen LogP contribution in [0, 0.1) is 0 Å². The predicted octanol–water partition coefficient (Wildman–Crippen LogP) is 2.74. The number of alkyl carbamates (subject to hydrolysis) is 1. The van der Waals surface area contributed by atoms with Crippen molar-refractivity contribution in [3.63, 3.8) is 0 Å². The summed E-state index contributed by atoms with van der Waals surface area (Å²) >= 11 is 0. The van der Waals surface area contributed by atoms with E-state index in [1.807, 2.05) is 39.8 Å². The summed E-state index contributed by atoms with van der Waals surface area (Å²) < 4.78 is 10.3. The van der Waals surface area contributed by atoms with Crippen LogP contribution in [0.4, 0.5) is 4.79 Å². The molecule has 0 spiro atoms. The van der Waals surface area contributed by atoms with E-state index >= 15 is 0 Å². The van der Waals surface area contributed by atoms with Gasteiger partial charge in [0.25, 0.3) is 0 Å². The van der Waals surface area contributed by atoms with Crippen LogP contribution in [-0.4, -0.2) is 17.7 Å². The fraction of sp³-hybridized carbons (Fsp3) is 0.583. The van der Waals surface area contributed by atoms with E-state index in [0.29, 0.717) is 6.42 Å².